The van der Waals surface area contributed by atoms with Gasteiger partial charge in [0.05, 0.1) is 32.0 Å². The van der Waals surface area contributed by atoms with E-state index in [-0.39, 0.29) is 29.0 Å². The number of hydrogen-bond donors (Lipinski definition) is 1. The van der Waals surface area contributed by atoms with Crippen molar-refractivity contribution in [3.05, 3.63) is 35.9 Å². The molecule has 0 aliphatic carbocycles. The first-order chi connectivity index (χ1) is 14.7. The highest BCUT2D eigenvalue weighted by Crippen LogP contribution is 2.54. The molecule has 1 spiro atoms. The Bertz CT molecular complexity index is 697. The average Bonchev–Trinajstić information content (AvgIpc) is 2.81. The summed E-state index contributed by atoms with van der Waals surface area (Å²) in [6.45, 7) is 15.2. The molecule has 2 saturated heterocycles. The molecule has 2 heterocycles. The minimum atomic E-state index is -0.650. The second-order valence-electron chi connectivity index (χ2n) is 10.2. The third-order valence-electron chi connectivity index (χ3n) is 8.44. The zero-order valence-electron chi connectivity index (χ0n) is 20.4. The predicted molar refractivity (Wildman–Crippen MR) is 124 cm³/mol. The van der Waals surface area contributed by atoms with Gasteiger partial charge in [0.2, 0.25) is 0 Å². The molecule has 2 aliphatic rings. The number of nitrogens with zero attached hydrogens (tertiary/aromatic N) is 1. The third kappa shape index (κ3) is 4.45. The van der Waals surface area contributed by atoms with E-state index < -0.39 is 5.79 Å². The van der Waals surface area contributed by atoms with Gasteiger partial charge in [-0.1, -0.05) is 58.0 Å². The lowest BCUT2D eigenvalue weighted by Gasteiger charge is -2.64. The molecule has 0 aromatic heterocycles. The van der Waals surface area contributed by atoms with Crippen molar-refractivity contribution >= 4 is 0 Å². The van der Waals surface area contributed by atoms with Crippen molar-refractivity contribution in [2.24, 2.45) is 11.3 Å². The van der Waals surface area contributed by atoms with Crippen molar-refractivity contribution in [3.8, 4) is 0 Å². The lowest BCUT2D eigenvalue weighted by Crippen LogP contribution is -2.74. The van der Waals surface area contributed by atoms with E-state index in [0.29, 0.717) is 19.8 Å². The van der Waals surface area contributed by atoms with E-state index in [1.54, 1.807) is 0 Å². The Morgan fingerprint density at radius 1 is 1.03 bits per heavy atom. The van der Waals surface area contributed by atoms with Crippen molar-refractivity contribution in [1.29, 1.82) is 0 Å². The number of rotatable bonds is 8. The van der Waals surface area contributed by atoms with Crippen LogP contribution in [0.1, 0.15) is 72.8 Å². The second kappa shape index (κ2) is 9.48. The summed E-state index contributed by atoms with van der Waals surface area (Å²) >= 11 is 0. The Labute approximate surface area is 189 Å². The number of aliphatic hydroxyl groups excluding tert-OH is 1. The van der Waals surface area contributed by atoms with Crippen LogP contribution in [0.2, 0.25) is 0 Å². The lowest BCUT2D eigenvalue weighted by atomic mass is 9.66. The highest BCUT2D eigenvalue weighted by atomic mass is 16.7. The van der Waals surface area contributed by atoms with Gasteiger partial charge in [-0.05, 0) is 45.1 Å². The molecule has 5 nitrogen and oxygen atoms in total. The van der Waals surface area contributed by atoms with E-state index in [9.17, 15) is 5.11 Å². The summed E-state index contributed by atoms with van der Waals surface area (Å²) in [6.07, 6.45) is 4.36. The zero-order chi connectivity index (χ0) is 22.8. The average molecular weight is 434 g/mol. The van der Waals surface area contributed by atoms with Crippen LogP contribution in [0.4, 0.5) is 0 Å². The first kappa shape index (κ1) is 24.7. The Balaban J connectivity index is 1.82. The van der Waals surface area contributed by atoms with E-state index in [2.05, 4.69) is 70.9 Å². The van der Waals surface area contributed by atoms with Gasteiger partial charge in [-0.25, -0.2) is 0 Å². The maximum atomic E-state index is 9.94. The van der Waals surface area contributed by atoms with E-state index in [1.165, 1.54) is 5.56 Å². The Morgan fingerprint density at radius 3 is 2.19 bits per heavy atom. The second-order valence-corrected chi connectivity index (χ2v) is 10.2. The van der Waals surface area contributed by atoms with Gasteiger partial charge in [0.15, 0.2) is 5.79 Å². The van der Waals surface area contributed by atoms with E-state index in [0.717, 1.165) is 32.1 Å². The summed E-state index contributed by atoms with van der Waals surface area (Å²) in [4.78, 5) is 6.57. The topological polar surface area (TPSA) is 51.2 Å². The molecule has 0 radical (unpaired) electrons. The van der Waals surface area contributed by atoms with Crippen LogP contribution in [0.3, 0.4) is 0 Å². The van der Waals surface area contributed by atoms with E-state index in [1.807, 2.05) is 6.07 Å². The summed E-state index contributed by atoms with van der Waals surface area (Å²) in [5, 5.41) is 12.2. The highest BCUT2D eigenvalue weighted by Gasteiger charge is 2.63. The summed E-state index contributed by atoms with van der Waals surface area (Å²) in [5.41, 5.74) is 0.559. The number of hydrogen-bond acceptors (Lipinski definition) is 5. The van der Waals surface area contributed by atoms with Crippen molar-refractivity contribution in [2.75, 3.05) is 26.4 Å². The minimum absolute atomic E-state index is 0.0960. The zero-order valence-corrected chi connectivity index (χ0v) is 20.4. The normalized spacial score (nSPS) is 39.1. The molecule has 31 heavy (non-hydrogen) atoms. The molecule has 2 fully saturated rings. The molecule has 2 aliphatic heterocycles. The van der Waals surface area contributed by atoms with Crippen LogP contribution < -0.4 is 0 Å². The van der Waals surface area contributed by atoms with Gasteiger partial charge in [-0.2, -0.15) is 5.06 Å². The smallest absolute Gasteiger partial charge is 0.174 e. The quantitative estimate of drug-likeness (QED) is 0.627. The van der Waals surface area contributed by atoms with Gasteiger partial charge in [0, 0.05) is 23.3 Å². The Morgan fingerprint density at radius 2 is 1.68 bits per heavy atom. The van der Waals surface area contributed by atoms with Gasteiger partial charge in [0.25, 0.3) is 0 Å². The van der Waals surface area contributed by atoms with Crippen LogP contribution in [-0.4, -0.2) is 53.5 Å². The molecule has 3 atom stereocenters. The summed E-state index contributed by atoms with van der Waals surface area (Å²) in [7, 11) is 0. The van der Waals surface area contributed by atoms with Gasteiger partial charge in [-0.3, -0.25) is 4.84 Å². The molecule has 0 bridgehead atoms. The molecule has 1 N–H and O–H groups in total. The van der Waals surface area contributed by atoms with Crippen LogP contribution in [-0.2, 0) is 20.7 Å². The lowest BCUT2D eigenvalue weighted by molar-refractivity contribution is -0.411. The molecule has 0 saturated carbocycles. The predicted octanol–water partition coefficient (Wildman–Crippen LogP) is 4.97. The molecule has 3 unspecified atom stereocenters. The van der Waals surface area contributed by atoms with Crippen LogP contribution in [0.5, 0.6) is 0 Å². The molecule has 5 heteroatoms. The van der Waals surface area contributed by atoms with Crippen LogP contribution in [0.15, 0.2) is 30.3 Å². The largest absolute Gasteiger partial charge is 0.396 e. The fourth-order valence-corrected chi connectivity index (χ4v) is 5.34. The number of hydroxylamine groups is 2. The first-order valence-electron chi connectivity index (χ1n) is 12.1. The Hall–Kier alpha value is -0.980. The van der Waals surface area contributed by atoms with Gasteiger partial charge in [0.1, 0.15) is 0 Å². The van der Waals surface area contributed by atoms with Crippen molar-refractivity contribution in [2.45, 2.75) is 90.5 Å². The fraction of sp³-hybridized carbons (Fsp3) is 0.769. The van der Waals surface area contributed by atoms with Crippen LogP contribution in [0, 0.1) is 11.3 Å². The number of piperidine rings is 1. The minimum Gasteiger partial charge on any atom is -0.396 e. The molecule has 1 aromatic rings. The third-order valence-corrected chi connectivity index (χ3v) is 8.44. The summed E-state index contributed by atoms with van der Waals surface area (Å²) in [6, 6.07) is 10.5. The number of aliphatic hydroxyl groups is 1. The molecule has 176 valence electrons. The van der Waals surface area contributed by atoms with E-state index in [4.69, 9.17) is 14.3 Å². The first-order valence-corrected chi connectivity index (χ1v) is 12.1. The molecule has 3 rings (SSSR count). The van der Waals surface area contributed by atoms with Gasteiger partial charge >= 0.3 is 0 Å². The molecular weight excluding hydrogens is 390 g/mol. The highest BCUT2D eigenvalue weighted by molar-refractivity contribution is 5.15. The number of benzene rings is 1. The van der Waals surface area contributed by atoms with Crippen LogP contribution in [0.25, 0.3) is 0 Å². The monoisotopic (exact) mass is 433 g/mol. The summed E-state index contributed by atoms with van der Waals surface area (Å²) in [5.74, 6) is -0.530. The van der Waals surface area contributed by atoms with Gasteiger partial charge < -0.3 is 14.6 Å². The SMILES string of the molecule is CCC1(CO)COC2(CC(C)(CC)N(OCCc3ccccc3)C(C)(CC)C2C)OC1. The molecular formula is C26H43NO4. The maximum absolute atomic E-state index is 9.94. The standard InChI is InChI=1S/C26H43NO4/c1-7-23(5)17-26(29-19-25(9-3,18-28)20-30-26)21(4)24(6,8-2)27(23)31-16-15-22-13-11-10-12-14-22/h10-14,21,28H,7-9,15-20H2,1-6H3. The van der Waals surface area contributed by atoms with Crippen molar-refractivity contribution in [3.63, 3.8) is 0 Å². The number of ether oxygens (including phenoxy) is 2. The fourth-order valence-electron chi connectivity index (χ4n) is 5.34. The van der Waals surface area contributed by atoms with Crippen LogP contribution >= 0.6 is 0 Å². The van der Waals surface area contributed by atoms with Gasteiger partial charge in [-0.15, -0.1) is 0 Å². The Kier molecular flexibility index (Phi) is 7.54. The van der Waals surface area contributed by atoms with Crippen molar-refractivity contribution in [1.82, 2.24) is 5.06 Å². The maximum Gasteiger partial charge on any atom is 0.174 e. The molecule has 1 aromatic carbocycles. The summed E-state index contributed by atoms with van der Waals surface area (Å²) < 4.78 is 13.1. The van der Waals surface area contributed by atoms with Crippen molar-refractivity contribution < 1.29 is 19.4 Å². The van der Waals surface area contributed by atoms with E-state index >= 15 is 0 Å². The molecule has 0 amide bonds.